The van der Waals surface area contributed by atoms with Crippen LogP contribution in [0.3, 0.4) is 0 Å². The molecule has 0 bridgehead atoms. The summed E-state index contributed by atoms with van der Waals surface area (Å²) < 4.78 is 0. The van der Waals surface area contributed by atoms with Gasteiger partial charge in [-0.3, -0.25) is 4.90 Å². The highest BCUT2D eigenvalue weighted by Crippen LogP contribution is 2.34. The minimum Gasteiger partial charge on any atom is -0.393 e. The third-order valence-electron chi connectivity index (χ3n) is 3.84. The smallest absolute Gasteiger partial charge is 0.0598 e. The van der Waals surface area contributed by atoms with Crippen LogP contribution in [0.15, 0.2) is 0 Å². The standard InChI is InChI=1S/C10H21NO/c1-7-6-9(12)8(2)10(3,4)11(7)5/h7-9,12H,6H2,1-5H3. The molecular formula is C10H21NO. The first-order valence-electron chi connectivity index (χ1n) is 4.78. The summed E-state index contributed by atoms with van der Waals surface area (Å²) in [6, 6.07) is 0.492. The zero-order chi connectivity index (χ0) is 9.52. The Hall–Kier alpha value is -0.0800. The van der Waals surface area contributed by atoms with Crippen LogP contribution in [0.4, 0.5) is 0 Å². The molecule has 1 aliphatic rings. The van der Waals surface area contributed by atoms with Crippen molar-refractivity contribution in [2.45, 2.75) is 51.8 Å². The molecule has 2 nitrogen and oxygen atoms in total. The zero-order valence-corrected chi connectivity index (χ0v) is 8.83. The van der Waals surface area contributed by atoms with Gasteiger partial charge >= 0.3 is 0 Å². The Bertz CT molecular complexity index is 151. The van der Waals surface area contributed by atoms with Gasteiger partial charge in [-0.15, -0.1) is 0 Å². The first-order valence-corrected chi connectivity index (χ1v) is 4.78. The molecule has 1 N–H and O–H groups in total. The molecule has 0 amide bonds. The maximum absolute atomic E-state index is 9.77. The van der Waals surface area contributed by atoms with Gasteiger partial charge in [0.1, 0.15) is 0 Å². The lowest BCUT2D eigenvalue weighted by Gasteiger charge is -2.50. The molecule has 1 fully saturated rings. The molecule has 2 heteroatoms. The predicted octanol–water partition coefficient (Wildman–Crippen LogP) is 1.49. The average Bonchev–Trinajstić information content (AvgIpc) is 1.99. The molecule has 1 rings (SSSR count). The molecule has 0 spiro atoms. The van der Waals surface area contributed by atoms with Gasteiger partial charge in [0.25, 0.3) is 0 Å². The molecule has 1 saturated heterocycles. The lowest BCUT2D eigenvalue weighted by Crippen LogP contribution is -2.58. The summed E-state index contributed by atoms with van der Waals surface area (Å²) in [5, 5.41) is 9.77. The minimum atomic E-state index is -0.133. The second kappa shape index (κ2) is 3.00. The fourth-order valence-corrected chi connectivity index (χ4v) is 2.07. The lowest BCUT2D eigenvalue weighted by molar-refractivity contribution is -0.0675. The highest BCUT2D eigenvalue weighted by molar-refractivity contribution is 4.96. The molecule has 0 aliphatic carbocycles. The van der Waals surface area contributed by atoms with Crippen LogP contribution in [0.2, 0.25) is 0 Å². The van der Waals surface area contributed by atoms with Crippen molar-refractivity contribution >= 4 is 0 Å². The Morgan fingerprint density at radius 3 is 2.33 bits per heavy atom. The van der Waals surface area contributed by atoms with Crippen molar-refractivity contribution in [1.82, 2.24) is 4.90 Å². The van der Waals surface area contributed by atoms with E-state index in [1.807, 2.05) is 0 Å². The van der Waals surface area contributed by atoms with Gasteiger partial charge < -0.3 is 5.11 Å². The number of piperidine rings is 1. The summed E-state index contributed by atoms with van der Waals surface area (Å²) >= 11 is 0. The summed E-state index contributed by atoms with van der Waals surface area (Å²) in [6.45, 7) is 8.72. The van der Waals surface area contributed by atoms with Gasteiger partial charge in [-0.1, -0.05) is 6.92 Å². The molecule has 0 radical (unpaired) electrons. The topological polar surface area (TPSA) is 23.5 Å². The molecule has 12 heavy (non-hydrogen) atoms. The van der Waals surface area contributed by atoms with E-state index < -0.39 is 0 Å². The van der Waals surface area contributed by atoms with Crippen molar-refractivity contribution < 1.29 is 5.11 Å². The molecule has 3 unspecified atom stereocenters. The third-order valence-corrected chi connectivity index (χ3v) is 3.84. The molecule has 1 heterocycles. The van der Waals surface area contributed by atoms with E-state index in [1.165, 1.54) is 0 Å². The van der Waals surface area contributed by atoms with Gasteiger partial charge in [-0.2, -0.15) is 0 Å². The SMILES string of the molecule is CC1CC(O)C(C)C(C)(C)N1C. The Balaban J connectivity index is 2.82. The Morgan fingerprint density at radius 1 is 1.33 bits per heavy atom. The molecule has 0 aromatic heterocycles. The zero-order valence-electron chi connectivity index (χ0n) is 8.83. The van der Waals surface area contributed by atoms with E-state index in [4.69, 9.17) is 0 Å². The monoisotopic (exact) mass is 171 g/mol. The van der Waals surface area contributed by atoms with Crippen molar-refractivity contribution in [3.05, 3.63) is 0 Å². The van der Waals surface area contributed by atoms with Crippen molar-refractivity contribution in [3.8, 4) is 0 Å². The van der Waals surface area contributed by atoms with Crippen LogP contribution in [0.5, 0.6) is 0 Å². The van der Waals surface area contributed by atoms with Gasteiger partial charge in [-0.25, -0.2) is 0 Å². The molecule has 0 aromatic carbocycles. The van der Waals surface area contributed by atoms with Crippen LogP contribution in [-0.4, -0.2) is 34.7 Å². The number of aliphatic hydroxyl groups is 1. The Kier molecular flexibility index (Phi) is 2.50. The summed E-state index contributed by atoms with van der Waals surface area (Å²) in [5.41, 5.74) is 0.122. The van der Waals surface area contributed by atoms with Crippen LogP contribution in [-0.2, 0) is 0 Å². The highest BCUT2D eigenvalue weighted by atomic mass is 16.3. The minimum absolute atomic E-state index is 0.122. The molecule has 72 valence electrons. The Labute approximate surface area is 75.6 Å². The maximum atomic E-state index is 9.77. The summed E-state index contributed by atoms with van der Waals surface area (Å²) in [5.74, 6) is 0.360. The van der Waals surface area contributed by atoms with Gasteiger partial charge in [0.15, 0.2) is 0 Å². The van der Waals surface area contributed by atoms with Crippen molar-refractivity contribution in [3.63, 3.8) is 0 Å². The lowest BCUT2D eigenvalue weighted by atomic mass is 9.76. The van der Waals surface area contributed by atoms with Gasteiger partial charge in [0.2, 0.25) is 0 Å². The molecule has 0 saturated carbocycles. The molecule has 1 aliphatic heterocycles. The fraction of sp³-hybridized carbons (Fsp3) is 1.00. The van der Waals surface area contributed by atoms with E-state index in [9.17, 15) is 5.11 Å². The van der Waals surface area contributed by atoms with E-state index in [0.717, 1.165) is 6.42 Å². The van der Waals surface area contributed by atoms with Crippen molar-refractivity contribution in [1.29, 1.82) is 0 Å². The third kappa shape index (κ3) is 1.38. The van der Waals surface area contributed by atoms with Crippen molar-refractivity contribution in [2.75, 3.05) is 7.05 Å². The van der Waals surface area contributed by atoms with Crippen LogP contribution < -0.4 is 0 Å². The number of hydrogen-bond acceptors (Lipinski definition) is 2. The summed E-state index contributed by atoms with van der Waals surface area (Å²) in [6.07, 6.45) is 0.771. The largest absolute Gasteiger partial charge is 0.393 e. The number of nitrogens with zero attached hydrogens (tertiary/aromatic N) is 1. The summed E-state index contributed by atoms with van der Waals surface area (Å²) in [4.78, 5) is 2.37. The predicted molar refractivity (Wildman–Crippen MR) is 51.1 cm³/mol. The van der Waals surface area contributed by atoms with Crippen LogP contribution >= 0.6 is 0 Å². The van der Waals surface area contributed by atoms with E-state index >= 15 is 0 Å². The summed E-state index contributed by atoms with van der Waals surface area (Å²) in [7, 11) is 2.15. The second-order valence-corrected chi connectivity index (χ2v) is 4.71. The molecule has 3 atom stereocenters. The first-order chi connectivity index (χ1) is 5.37. The van der Waals surface area contributed by atoms with E-state index in [0.29, 0.717) is 12.0 Å². The maximum Gasteiger partial charge on any atom is 0.0598 e. The normalized spacial score (nSPS) is 43.0. The average molecular weight is 171 g/mol. The van der Waals surface area contributed by atoms with Crippen LogP contribution in [0, 0.1) is 5.92 Å². The second-order valence-electron chi connectivity index (χ2n) is 4.71. The number of aliphatic hydroxyl groups excluding tert-OH is 1. The quantitative estimate of drug-likeness (QED) is 0.597. The first kappa shape index (κ1) is 10.0. The number of hydrogen-bond donors (Lipinski definition) is 1. The fourth-order valence-electron chi connectivity index (χ4n) is 2.07. The van der Waals surface area contributed by atoms with E-state index in [1.54, 1.807) is 0 Å². The molecular weight excluding hydrogens is 150 g/mol. The number of likely N-dealkylation sites (tertiary alicyclic amines) is 1. The Morgan fingerprint density at radius 2 is 1.83 bits per heavy atom. The number of rotatable bonds is 0. The van der Waals surface area contributed by atoms with Crippen molar-refractivity contribution in [2.24, 2.45) is 5.92 Å². The van der Waals surface area contributed by atoms with Gasteiger partial charge in [-0.05, 0) is 40.2 Å². The van der Waals surface area contributed by atoms with Gasteiger partial charge in [0.05, 0.1) is 6.10 Å². The molecule has 0 aromatic rings. The highest BCUT2D eigenvalue weighted by Gasteiger charge is 2.41. The van der Waals surface area contributed by atoms with E-state index in [2.05, 4.69) is 39.6 Å². The van der Waals surface area contributed by atoms with Crippen LogP contribution in [0.1, 0.15) is 34.1 Å². The van der Waals surface area contributed by atoms with Gasteiger partial charge in [0, 0.05) is 11.6 Å². The van der Waals surface area contributed by atoms with Crippen LogP contribution in [0.25, 0.3) is 0 Å². The van der Waals surface area contributed by atoms with E-state index in [-0.39, 0.29) is 11.6 Å².